The Hall–Kier alpha value is -2.07. The van der Waals surface area contributed by atoms with Gasteiger partial charge in [-0.25, -0.2) is 0 Å². The van der Waals surface area contributed by atoms with Crippen molar-refractivity contribution < 1.29 is 4.79 Å². The van der Waals surface area contributed by atoms with Crippen LogP contribution >= 0.6 is 15.9 Å². The first kappa shape index (κ1) is 13.9. The lowest BCUT2D eigenvalue weighted by molar-refractivity contribution is 0.0785. The number of nitrogens with zero attached hydrogens (tertiary/aromatic N) is 1. The largest absolute Gasteiger partial charge is 0.361 e. The van der Waals surface area contributed by atoms with Gasteiger partial charge in [-0.05, 0) is 42.0 Å². The SMILES string of the molecule is CN(Cc1cccc(Br)c1)C(=O)c1ccc2[nH]ccc2c1. The average Bonchev–Trinajstić information content (AvgIpc) is 2.93. The van der Waals surface area contributed by atoms with Crippen molar-refractivity contribution in [2.24, 2.45) is 0 Å². The molecule has 0 saturated heterocycles. The van der Waals surface area contributed by atoms with Gasteiger partial charge >= 0.3 is 0 Å². The summed E-state index contributed by atoms with van der Waals surface area (Å²) < 4.78 is 1.02. The number of carbonyl (C=O) groups excluding carboxylic acids is 1. The summed E-state index contributed by atoms with van der Waals surface area (Å²) in [5.74, 6) is 0.0260. The van der Waals surface area contributed by atoms with Crippen LogP contribution in [0.1, 0.15) is 15.9 Å². The molecule has 3 rings (SSSR count). The summed E-state index contributed by atoms with van der Waals surface area (Å²) in [7, 11) is 1.82. The predicted molar refractivity (Wildman–Crippen MR) is 88.2 cm³/mol. The standard InChI is InChI=1S/C17H15BrN2O/c1-20(11-12-3-2-4-15(18)9-12)17(21)14-5-6-16-13(10-14)7-8-19-16/h2-10,19H,11H2,1H3. The lowest BCUT2D eigenvalue weighted by Crippen LogP contribution is -2.26. The highest BCUT2D eigenvalue weighted by molar-refractivity contribution is 9.10. The van der Waals surface area contributed by atoms with Crippen LogP contribution in [0.15, 0.2) is 59.2 Å². The monoisotopic (exact) mass is 342 g/mol. The third-order valence-electron chi connectivity index (χ3n) is 3.46. The van der Waals surface area contributed by atoms with Crippen LogP contribution in [-0.4, -0.2) is 22.8 Å². The first-order chi connectivity index (χ1) is 10.1. The molecule has 1 N–H and O–H groups in total. The van der Waals surface area contributed by atoms with Crippen LogP contribution in [0.4, 0.5) is 0 Å². The minimum atomic E-state index is 0.0260. The van der Waals surface area contributed by atoms with E-state index in [1.165, 1.54) is 0 Å². The fraction of sp³-hybridized carbons (Fsp3) is 0.118. The Bertz CT molecular complexity index is 794. The molecule has 0 saturated carbocycles. The summed E-state index contributed by atoms with van der Waals surface area (Å²) in [6.07, 6.45) is 1.88. The van der Waals surface area contributed by atoms with Crippen molar-refractivity contribution in [2.75, 3.05) is 7.05 Å². The van der Waals surface area contributed by atoms with E-state index in [1.54, 1.807) is 4.90 Å². The van der Waals surface area contributed by atoms with E-state index in [-0.39, 0.29) is 5.91 Å². The first-order valence-corrected chi connectivity index (χ1v) is 7.50. The molecule has 1 aromatic heterocycles. The summed E-state index contributed by atoms with van der Waals surface area (Å²) in [6, 6.07) is 15.7. The van der Waals surface area contributed by atoms with Crippen molar-refractivity contribution in [1.29, 1.82) is 0 Å². The molecule has 21 heavy (non-hydrogen) atoms. The molecule has 0 spiro atoms. The summed E-state index contributed by atoms with van der Waals surface area (Å²) in [4.78, 5) is 17.4. The summed E-state index contributed by atoms with van der Waals surface area (Å²) in [6.45, 7) is 0.587. The van der Waals surface area contributed by atoms with E-state index >= 15 is 0 Å². The van der Waals surface area contributed by atoms with E-state index in [1.807, 2.05) is 61.8 Å². The maximum atomic E-state index is 12.5. The molecule has 4 heteroatoms. The Labute approximate surface area is 131 Å². The van der Waals surface area contributed by atoms with E-state index in [2.05, 4.69) is 20.9 Å². The van der Waals surface area contributed by atoms with Crippen LogP contribution in [0.25, 0.3) is 10.9 Å². The third kappa shape index (κ3) is 3.00. The number of H-pyrrole nitrogens is 1. The van der Waals surface area contributed by atoms with E-state index in [4.69, 9.17) is 0 Å². The number of hydrogen-bond donors (Lipinski definition) is 1. The van der Waals surface area contributed by atoms with Gasteiger partial charge in [0.1, 0.15) is 0 Å². The highest BCUT2D eigenvalue weighted by atomic mass is 79.9. The zero-order valence-electron chi connectivity index (χ0n) is 11.6. The van der Waals surface area contributed by atoms with Crippen LogP contribution in [0.2, 0.25) is 0 Å². The second-order valence-electron chi connectivity index (χ2n) is 5.07. The van der Waals surface area contributed by atoms with Gasteiger partial charge in [-0.15, -0.1) is 0 Å². The highest BCUT2D eigenvalue weighted by Crippen LogP contribution is 2.17. The molecular formula is C17H15BrN2O. The fourth-order valence-corrected chi connectivity index (χ4v) is 2.83. The van der Waals surface area contributed by atoms with E-state index < -0.39 is 0 Å². The molecule has 0 atom stereocenters. The van der Waals surface area contributed by atoms with Crippen molar-refractivity contribution in [3.63, 3.8) is 0 Å². The number of amides is 1. The number of benzene rings is 2. The van der Waals surface area contributed by atoms with Gasteiger partial charge in [-0.1, -0.05) is 28.1 Å². The maximum absolute atomic E-state index is 12.5. The van der Waals surface area contributed by atoms with Gasteiger partial charge in [0.25, 0.3) is 5.91 Å². The number of halogens is 1. The lowest BCUT2D eigenvalue weighted by atomic mass is 10.1. The third-order valence-corrected chi connectivity index (χ3v) is 3.95. The molecular weight excluding hydrogens is 328 g/mol. The minimum absolute atomic E-state index is 0.0260. The molecule has 0 bridgehead atoms. The maximum Gasteiger partial charge on any atom is 0.253 e. The van der Waals surface area contributed by atoms with Gasteiger partial charge in [0.2, 0.25) is 0 Å². The molecule has 1 heterocycles. The molecule has 2 aromatic carbocycles. The molecule has 0 radical (unpaired) electrons. The number of nitrogens with one attached hydrogen (secondary N) is 1. The number of aromatic nitrogens is 1. The molecule has 0 aliphatic carbocycles. The summed E-state index contributed by atoms with van der Waals surface area (Å²) in [5.41, 5.74) is 2.85. The van der Waals surface area contributed by atoms with Crippen LogP contribution in [0.5, 0.6) is 0 Å². The average molecular weight is 343 g/mol. The molecule has 0 aliphatic rings. The van der Waals surface area contributed by atoms with Crippen LogP contribution in [-0.2, 0) is 6.54 Å². The second-order valence-corrected chi connectivity index (χ2v) is 5.99. The van der Waals surface area contributed by atoms with E-state index in [9.17, 15) is 4.79 Å². The smallest absolute Gasteiger partial charge is 0.253 e. The highest BCUT2D eigenvalue weighted by Gasteiger charge is 2.12. The number of carbonyl (C=O) groups is 1. The van der Waals surface area contributed by atoms with Crippen LogP contribution in [0.3, 0.4) is 0 Å². The van der Waals surface area contributed by atoms with Gasteiger partial charge in [0.05, 0.1) is 0 Å². The Morgan fingerprint density at radius 2 is 2.05 bits per heavy atom. The van der Waals surface area contributed by atoms with Gasteiger partial charge in [0.15, 0.2) is 0 Å². The normalized spacial score (nSPS) is 10.8. The Morgan fingerprint density at radius 3 is 2.86 bits per heavy atom. The Balaban J connectivity index is 1.80. The van der Waals surface area contributed by atoms with Crippen LogP contribution in [0, 0.1) is 0 Å². The zero-order chi connectivity index (χ0) is 14.8. The lowest BCUT2D eigenvalue weighted by Gasteiger charge is -2.17. The molecule has 3 nitrogen and oxygen atoms in total. The van der Waals surface area contributed by atoms with Crippen LogP contribution < -0.4 is 0 Å². The topological polar surface area (TPSA) is 36.1 Å². The van der Waals surface area contributed by atoms with E-state index in [0.717, 1.165) is 20.9 Å². The minimum Gasteiger partial charge on any atom is -0.361 e. The summed E-state index contributed by atoms with van der Waals surface area (Å²) >= 11 is 3.45. The molecule has 0 unspecified atom stereocenters. The van der Waals surface area contributed by atoms with E-state index in [0.29, 0.717) is 12.1 Å². The molecule has 106 valence electrons. The second kappa shape index (κ2) is 5.74. The van der Waals surface area contributed by atoms with Crippen molar-refractivity contribution in [3.05, 3.63) is 70.3 Å². The predicted octanol–water partition coefficient (Wildman–Crippen LogP) is 4.20. The molecule has 0 fully saturated rings. The summed E-state index contributed by atoms with van der Waals surface area (Å²) in [5, 5.41) is 1.05. The molecule has 1 amide bonds. The van der Waals surface area contributed by atoms with Crippen molar-refractivity contribution in [1.82, 2.24) is 9.88 Å². The Kier molecular flexibility index (Phi) is 3.80. The van der Waals surface area contributed by atoms with Gasteiger partial charge < -0.3 is 9.88 Å². The zero-order valence-corrected chi connectivity index (χ0v) is 13.2. The quantitative estimate of drug-likeness (QED) is 0.760. The van der Waals surface area contributed by atoms with Gasteiger partial charge in [-0.3, -0.25) is 4.79 Å². The molecule has 0 aliphatic heterocycles. The number of hydrogen-bond acceptors (Lipinski definition) is 1. The van der Waals surface area contributed by atoms with Crippen molar-refractivity contribution in [3.8, 4) is 0 Å². The van der Waals surface area contributed by atoms with Gasteiger partial charge in [-0.2, -0.15) is 0 Å². The number of rotatable bonds is 3. The first-order valence-electron chi connectivity index (χ1n) is 6.70. The van der Waals surface area contributed by atoms with Crippen molar-refractivity contribution >= 4 is 32.7 Å². The fourth-order valence-electron chi connectivity index (χ4n) is 2.39. The van der Waals surface area contributed by atoms with Crippen molar-refractivity contribution in [2.45, 2.75) is 6.54 Å². The number of aromatic amines is 1. The number of fused-ring (bicyclic) bond motifs is 1. The van der Waals surface area contributed by atoms with Gasteiger partial charge in [0, 0.05) is 40.7 Å². The Morgan fingerprint density at radius 1 is 1.19 bits per heavy atom. The molecule has 3 aromatic rings.